The lowest BCUT2D eigenvalue weighted by molar-refractivity contribution is 0.476. The molecule has 0 fully saturated rings. The van der Waals surface area contributed by atoms with E-state index in [2.05, 4.69) is 50.0 Å². The lowest BCUT2D eigenvalue weighted by Gasteiger charge is -2.19. The van der Waals surface area contributed by atoms with Gasteiger partial charge in [-0.05, 0) is 40.8 Å². The molecular weight excluding hydrogens is 370 g/mol. The number of hydrogen-bond donors (Lipinski definition) is 1. The number of rotatable bonds is 2. The minimum absolute atomic E-state index is 0.00197. The number of nitrogens with zero attached hydrogens (tertiary/aromatic N) is 1. The third-order valence-corrected chi connectivity index (χ3v) is 5.57. The van der Waals surface area contributed by atoms with Gasteiger partial charge in [-0.2, -0.15) is 0 Å². The first-order valence-corrected chi connectivity index (χ1v) is 10.1. The number of furan rings is 1. The predicted octanol–water partition coefficient (Wildman–Crippen LogP) is 7.32. The number of aromatic hydroxyl groups is 1. The van der Waals surface area contributed by atoms with Crippen molar-refractivity contribution in [1.29, 1.82) is 0 Å². The quantitative estimate of drug-likeness (QED) is 0.342. The first-order chi connectivity index (χ1) is 14.4. The maximum atomic E-state index is 10.5. The summed E-state index contributed by atoms with van der Waals surface area (Å²) >= 11 is 0. The molecule has 3 heteroatoms. The van der Waals surface area contributed by atoms with Crippen LogP contribution >= 0.6 is 0 Å². The fourth-order valence-electron chi connectivity index (χ4n) is 3.96. The van der Waals surface area contributed by atoms with Crippen molar-refractivity contribution < 1.29 is 9.52 Å². The van der Waals surface area contributed by atoms with Crippen molar-refractivity contribution in [1.82, 2.24) is 4.98 Å². The van der Waals surface area contributed by atoms with Crippen molar-refractivity contribution in [3.63, 3.8) is 0 Å². The maximum Gasteiger partial charge on any atom is 0.145 e. The highest BCUT2D eigenvalue weighted by Gasteiger charge is 2.19. The Labute approximate surface area is 175 Å². The second-order valence-electron chi connectivity index (χ2n) is 8.70. The lowest BCUT2D eigenvalue weighted by atomic mass is 9.87. The molecule has 0 aliphatic rings. The first-order valence-electron chi connectivity index (χ1n) is 10.1. The number of pyridine rings is 1. The van der Waals surface area contributed by atoms with Gasteiger partial charge in [-0.25, -0.2) is 0 Å². The molecule has 0 amide bonds. The van der Waals surface area contributed by atoms with Gasteiger partial charge in [-0.15, -0.1) is 0 Å². The Hall–Kier alpha value is -3.59. The van der Waals surface area contributed by atoms with Gasteiger partial charge in [0.2, 0.25) is 0 Å². The van der Waals surface area contributed by atoms with Crippen molar-refractivity contribution >= 4 is 21.9 Å². The van der Waals surface area contributed by atoms with Crippen molar-refractivity contribution in [3.8, 4) is 28.1 Å². The minimum Gasteiger partial charge on any atom is -0.508 e. The van der Waals surface area contributed by atoms with Crippen molar-refractivity contribution in [3.05, 3.63) is 84.6 Å². The average Bonchev–Trinajstić information content (AvgIpc) is 3.12. The molecule has 30 heavy (non-hydrogen) atoms. The average molecular weight is 393 g/mol. The van der Waals surface area contributed by atoms with Crippen molar-refractivity contribution in [2.24, 2.45) is 0 Å². The number of aromatic nitrogens is 1. The zero-order chi connectivity index (χ0) is 20.9. The standard InChI is InChI=1S/C27H23NO2/c1-27(2,3)18-12-13-28-24(14-18)23-16-19(29)15-22-21-11-7-10-20(25(21)30-26(22)23)17-8-5-4-6-9-17/h4-16,29H,1-3H3. The second-order valence-corrected chi connectivity index (χ2v) is 8.70. The van der Waals surface area contributed by atoms with Gasteiger partial charge in [-0.1, -0.05) is 69.3 Å². The van der Waals surface area contributed by atoms with Gasteiger partial charge in [0.15, 0.2) is 0 Å². The van der Waals surface area contributed by atoms with E-state index in [0.29, 0.717) is 0 Å². The largest absolute Gasteiger partial charge is 0.508 e. The number of fused-ring (bicyclic) bond motifs is 3. The summed E-state index contributed by atoms with van der Waals surface area (Å²) in [7, 11) is 0. The van der Waals surface area contributed by atoms with Crippen LogP contribution in [0.2, 0.25) is 0 Å². The molecule has 0 aliphatic heterocycles. The van der Waals surface area contributed by atoms with Crippen molar-refractivity contribution in [2.75, 3.05) is 0 Å². The molecule has 0 bridgehead atoms. The summed E-state index contributed by atoms with van der Waals surface area (Å²) < 4.78 is 6.45. The molecule has 0 spiro atoms. The fourth-order valence-corrected chi connectivity index (χ4v) is 3.96. The summed E-state index contributed by atoms with van der Waals surface area (Å²) in [5.41, 5.74) is 6.47. The van der Waals surface area contributed by atoms with Crippen LogP contribution in [0.1, 0.15) is 26.3 Å². The molecule has 0 saturated heterocycles. The SMILES string of the molecule is CC(C)(C)c1ccnc(-c2cc(O)cc3c2oc2c(-c4ccccc4)cccc23)c1. The topological polar surface area (TPSA) is 46.3 Å². The van der Waals surface area contributed by atoms with Crippen LogP contribution in [0.25, 0.3) is 44.3 Å². The van der Waals surface area contributed by atoms with E-state index in [4.69, 9.17) is 4.42 Å². The van der Waals surface area contributed by atoms with E-state index < -0.39 is 0 Å². The molecule has 2 aromatic heterocycles. The van der Waals surface area contributed by atoms with Crippen LogP contribution in [-0.2, 0) is 5.41 Å². The Morgan fingerprint density at radius 2 is 1.53 bits per heavy atom. The van der Waals surface area contributed by atoms with E-state index >= 15 is 0 Å². The molecule has 3 nitrogen and oxygen atoms in total. The number of benzene rings is 3. The van der Waals surface area contributed by atoms with Gasteiger partial charge < -0.3 is 9.52 Å². The molecule has 1 N–H and O–H groups in total. The minimum atomic E-state index is 0.00197. The van der Waals surface area contributed by atoms with Crippen LogP contribution in [0, 0.1) is 0 Å². The van der Waals surface area contributed by atoms with Gasteiger partial charge in [0, 0.05) is 28.1 Å². The molecule has 3 aromatic carbocycles. The van der Waals surface area contributed by atoms with Crippen LogP contribution in [0.3, 0.4) is 0 Å². The zero-order valence-corrected chi connectivity index (χ0v) is 17.3. The van der Waals surface area contributed by atoms with Gasteiger partial charge in [0.1, 0.15) is 16.9 Å². The predicted molar refractivity (Wildman–Crippen MR) is 123 cm³/mol. The summed E-state index contributed by atoms with van der Waals surface area (Å²) in [5, 5.41) is 12.4. The molecule has 0 aliphatic carbocycles. The first kappa shape index (κ1) is 18.4. The second kappa shape index (κ2) is 6.74. The smallest absolute Gasteiger partial charge is 0.145 e. The Kier molecular flexibility index (Phi) is 4.14. The van der Waals surface area contributed by atoms with Crippen molar-refractivity contribution in [2.45, 2.75) is 26.2 Å². The maximum absolute atomic E-state index is 10.5. The molecule has 0 atom stereocenters. The van der Waals surface area contributed by atoms with Crippen LogP contribution in [0.4, 0.5) is 0 Å². The molecule has 5 aromatic rings. The summed E-state index contributed by atoms with van der Waals surface area (Å²) in [6.45, 7) is 6.53. The van der Waals surface area contributed by atoms with E-state index in [1.54, 1.807) is 12.1 Å². The Morgan fingerprint density at radius 3 is 2.30 bits per heavy atom. The van der Waals surface area contributed by atoms with Crippen LogP contribution < -0.4 is 0 Å². The molecule has 2 heterocycles. The number of phenols is 1. The molecule has 0 radical (unpaired) electrons. The number of phenolic OH excluding ortho intramolecular Hbond substituents is 1. The summed E-state index contributed by atoms with van der Waals surface area (Å²) in [4.78, 5) is 4.59. The highest BCUT2D eigenvalue weighted by molar-refractivity contribution is 6.13. The van der Waals surface area contributed by atoms with E-state index in [9.17, 15) is 5.11 Å². The molecule has 148 valence electrons. The highest BCUT2D eigenvalue weighted by atomic mass is 16.3. The van der Waals surface area contributed by atoms with E-state index in [1.807, 2.05) is 42.6 Å². The third-order valence-electron chi connectivity index (χ3n) is 5.57. The van der Waals surface area contributed by atoms with Gasteiger partial charge in [0.05, 0.1) is 5.69 Å². The normalized spacial score (nSPS) is 12.0. The van der Waals surface area contributed by atoms with Crippen LogP contribution in [-0.4, -0.2) is 10.1 Å². The zero-order valence-electron chi connectivity index (χ0n) is 17.3. The summed E-state index contributed by atoms with van der Waals surface area (Å²) in [5.74, 6) is 0.202. The summed E-state index contributed by atoms with van der Waals surface area (Å²) in [6.07, 6.45) is 1.82. The van der Waals surface area contributed by atoms with E-state index in [0.717, 1.165) is 44.3 Å². The molecule has 0 unspecified atom stereocenters. The van der Waals surface area contributed by atoms with Gasteiger partial charge in [0.25, 0.3) is 0 Å². The van der Waals surface area contributed by atoms with E-state index in [-0.39, 0.29) is 11.2 Å². The Morgan fingerprint density at radius 1 is 0.767 bits per heavy atom. The third kappa shape index (κ3) is 3.03. The fraction of sp³-hybridized carbons (Fsp3) is 0.148. The highest BCUT2D eigenvalue weighted by Crippen LogP contribution is 2.41. The number of hydrogen-bond acceptors (Lipinski definition) is 3. The molecule has 0 saturated carbocycles. The lowest BCUT2D eigenvalue weighted by Crippen LogP contribution is -2.11. The van der Waals surface area contributed by atoms with Gasteiger partial charge >= 0.3 is 0 Å². The van der Waals surface area contributed by atoms with Gasteiger partial charge in [-0.3, -0.25) is 4.98 Å². The molecule has 5 rings (SSSR count). The summed E-state index contributed by atoms with van der Waals surface area (Å²) in [6, 6.07) is 24.0. The molecular formula is C27H23NO2. The van der Waals surface area contributed by atoms with E-state index in [1.165, 1.54) is 5.56 Å². The number of para-hydroxylation sites is 1. The van der Waals surface area contributed by atoms with Crippen LogP contribution in [0.15, 0.2) is 83.4 Å². The monoisotopic (exact) mass is 393 g/mol. The Balaban J connectivity index is 1.81. The van der Waals surface area contributed by atoms with Crippen LogP contribution in [0.5, 0.6) is 5.75 Å². The Bertz CT molecular complexity index is 1380.